The standard InChI is InChI=1S/C5H10O3.C2H6O2Si/c1-4(6)3-8-5(2)7;1-2(3)4-5/h4,6H,3H2,1-2H3;1,5H3. The van der Waals surface area contributed by atoms with Crippen LogP contribution in [0.5, 0.6) is 0 Å². The number of rotatable bonds is 2. The molecule has 0 radical (unpaired) electrons. The van der Waals surface area contributed by atoms with Crippen LogP contribution in [-0.2, 0) is 18.8 Å². The van der Waals surface area contributed by atoms with Crippen LogP contribution in [0.1, 0.15) is 20.8 Å². The van der Waals surface area contributed by atoms with Gasteiger partial charge in [0.2, 0.25) is 10.5 Å². The highest BCUT2D eigenvalue weighted by molar-refractivity contribution is 6.04. The van der Waals surface area contributed by atoms with Gasteiger partial charge in [-0.05, 0) is 6.92 Å². The fourth-order valence-electron chi connectivity index (χ4n) is 0.238. The van der Waals surface area contributed by atoms with E-state index in [0.29, 0.717) is 10.5 Å². The summed E-state index contributed by atoms with van der Waals surface area (Å²) in [7, 11) is 0.524. The van der Waals surface area contributed by atoms with E-state index in [2.05, 4.69) is 9.16 Å². The van der Waals surface area contributed by atoms with Gasteiger partial charge in [-0.15, -0.1) is 0 Å². The Morgan fingerprint density at radius 3 is 1.85 bits per heavy atom. The molecule has 0 spiro atoms. The van der Waals surface area contributed by atoms with Crippen LogP contribution in [0, 0.1) is 0 Å². The molecule has 0 saturated carbocycles. The third-order valence-electron chi connectivity index (χ3n) is 0.815. The minimum absolute atomic E-state index is 0.0926. The molecular formula is C7H16O5Si. The van der Waals surface area contributed by atoms with Gasteiger partial charge in [0.15, 0.2) is 0 Å². The molecule has 0 aliphatic heterocycles. The smallest absolute Gasteiger partial charge is 0.302 e. The van der Waals surface area contributed by atoms with Crippen molar-refractivity contribution in [1.29, 1.82) is 0 Å². The first kappa shape index (κ1) is 14.6. The summed E-state index contributed by atoms with van der Waals surface area (Å²) in [6.07, 6.45) is -0.557. The van der Waals surface area contributed by atoms with Crippen LogP contribution >= 0.6 is 0 Å². The van der Waals surface area contributed by atoms with Gasteiger partial charge in [0.25, 0.3) is 5.97 Å². The number of carbonyl (C=O) groups is 2. The molecule has 1 N–H and O–H groups in total. The molecule has 0 fully saturated rings. The second-order valence-corrected chi connectivity index (χ2v) is 2.76. The molecule has 0 aromatic rings. The van der Waals surface area contributed by atoms with Crippen LogP contribution in [0.25, 0.3) is 0 Å². The minimum atomic E-state index is -0.557. The molecule has 0 aromatic carbocycles. The summed E-state index contributed by atoms with van der Waals surface area (Å²) in [5.41, 5.74) is 0. The Balaban J connectivity index is 0. The molecule has 0 heterocycles. The molecule has 0 aromatic heterocycles. The third kappa shape index (κ3) is 24.7. The molecular weight excluding hydrogens is 192 g/mol. The van der Waals surface area contributed by atoms with E-state index in [1.807, 2.05) is 0 Å². The summed E-state index contributed by atoms with van der Waals surface area (Å²) < 4.78 is 8.66. The van der Waals surface area contributed by atoms with Gasteiger partial charge in [0.05, 0.1) is 6.10 Å². The quantitative estimate of drug-likeness (QED) is 0.454. The van der Waals surface area contributed by atoms with Crippen LogP contribution in [0.2, 0.25) is 0 Å². The van der Waals surface area contributed by atoms with Crippen molar-refractivity contribution in [2.24, 2.45) is 0 Å². The van der Waals surface area contributed by atoms with Crippen molar-refractivity contribution in [1.82, 2.24) is 0 Å². The minimum Gasteiger partial charge on any atom is -0.529 e. The highest BCUT2D eigenvalue weighted by atomic mass is 28.2. The van der Waals surface area contributed by atoms with E-state index in [9.17, 15) is 9.59 Å². The predicted octanol–water partition coefficient (Wildman–Crippen LogP) is -1.24. The number of aliphatic hydroxyl groups excluding tert-OH is 1. The zero-order valence-corrected chi connectivity index (χ0v) is 10.4. The van der Waals surface area contributed by atoms with Crippen LogP contribution in [0.4, 0.5) is 0 Å². The molecule has 0 amide bonds. The molecule has 0 aliphatic carbocycles. The van der Waals surface area contributed by atoms with Crippen LogP contribution < -0.4 is 0 Å². The van der Waals surface area contributed by atoms with Gasteiger partial charge in [-0.1, -0.05) is 0 Å². The van der Waals surface area contributed by atoms with Crippen molar-refractivity contribution in [3.05, 3.63) is 0 Å². The lowest BCUT2D eigenvalue weighted by molar-refractivity contribution is -0.143. The maximum atomic E-state index is 10.0. The summed E-state index contributed by atoms with van der Waals surface area (Å²) in [5.74, 6) is -0.539. The highest BCUT2D eigenvalue weighted by Gasteiger charge is 1.96. The van der Waals surface area contributed by atoms with Gasteiger partial charge in [0, 0.05) is 13.8 Å². The summed E-state index contributed by atoms with van der Waals surface area (Å²) in [6, 6.07) is 0. The number of hydrogen-bond acceptors (Lipinski definition) is 5. The van der Waals surface area contributed by atoms with Crippen molar-refractivity contribution < 1.29 is 23.9 Å². The molecule has 0 bridgehead atoms. The summed E-state index contributed by atoms with van der Waals surface area (Å²) in [4.78, 5) is 19.6. The normalized spacial score (nSPS) is 10.8. The molecule has 0 rings (SSSR count). The highest BCUT2D eigenvalue weighted by Crippen LogP contribution is 1.81. The van der Waals surface area contributed by atoms with E-state index in [-0.39, 0.29) is 18.5 Å². The first-order valence-electron chi connectivity index (χ1n) is 3.76. The lowest BCUT2D eigenvalue weighted by Crippen LogP contribution is -2.12. The van der Waals surface area contributed by atoms with Crippen molar-refractivity contribution in [3.63, 3.8) is 0 Å². The van der Waals surface area contributed by atoms with Crippen LogP contribution in [0.3, 0.4) is 0 Å². The SMILES string of the molecule is CC(=O)OCC(C)O.CC(=O)O[SiH3]. The van der Waals surface area contributed by atoms with Crippen molar-refractivity contribution in [2.75, 3.05) is 6.61 Å². The lowest BCUT2D eigenvalue weighted by atomic mass is 10.4. The maximum Gasteiger partial charge on any atom is 0.302 e. The zero-order valence-electron chi connectivity index (χ0n) is 8.36. The van der Waals surface area contributed by atoms with Gasteiger partial charge in [0.1, 0.15) is 6.61 Å². The Bertz CT molecular complexity index is 157. The Kier molecular flexibility index (Phi) is 10.4. The fraction of sp³-hybridized carbons (Fsp3) is 0.714. The second kappa shape index (κ2) is 9.21. The van der Waals surface area contributed by atoms with E-state index in [4.69, 9.17) is 5.11 Å². The lowest BCUT2D eigenvalue weighted by Gasteiger charge is -2.01. The van der Waals surface area contributed by atoms with Crippen molar-refractivity contribution in [2.45, 2.75) is 26.9 Å². The molecule has 1 atom stereocenters. The molecule has 0 saturated heterocycles. The van der Waals surface area contributed by atoms with E-state index >= 15 is 0 Å². The molecule has 78 valence electrons. The van der Waals surface area contributed by atoms with E-state index in [1.165, 1.54) is 13.8 Å². The summed E-state index contributed by atoms with van der Waals surface area (Å²) >= 11 is 0. The van der Waals surface area contributed by atoms with Crippen molar-refractivity contribution >= 4 is 22.4 Å². The van der Waals surface area contributed by atoms with Gasteiger partial charge >= 0.3 is 5.97 Å². The topological polar surface area (TPSA) is 72.8 Å². The Hall–Kier alpha value is -0.883. The molecule has 6 heteroatoms. The van der Waals surface area contributed by atoms with E-state index < -0.39 is 6.10 Å². The van der Waals surface area contributed by atoms with Gasteiger partial charge in [-0.2, -0.15) is 0 Å². The summed E-state index contributed by atoms with van der Waals surface area (Å²) in [5, 5.41) is 8.52. The molecule has 1 unspecified atom stereocenters. The maximum absolute atomic E-state index is 10.0. The van der Waals surface area contributed by atoms with Gasteiger partial charge < -0.3 is 14.3 Å². The average Bonchev–Trinajstić information content (AvgIpc) is 2.02. The van der Waals surface area contributed by atoms with E-state index in [1.54, 1.807) is 6.92 Å². The van der Waals surface area contributed by atoms with E-state index in [0.717, 1.165) is 0 Å². The first-order chi connectivity index (χ1) is 5.90. The monoisotopic (exact) mass is 208 g/mol. The second-order valence-electron chi connectivity index (χ2n) is 2.35. The van der Waals surface area contributed by atoms with Gasteiger partial charge in [-0.25, -0.2) is 0 Å². The first-order valence-corrected chi connectivity index (χ1v) is 4.57. The van der Waals surface area contributed by atoms with Crippen LogP contribution in [-0.4, -0.2) is 40.2 Å². The Labute approximate surface area is 80.6 Å². The zero-order chi connectivity index (χ0) is 10.9. The largest absolute Gasteiger partial charge is 0.529 e. The molecule has 5 nitrogen and oxygen atoms in total. The van der Waals surface area contributed by atoms with Gasteiger partial charge in [-0.3, -0.25) is 9.59 Å². The predicted molar refractivity (Wildman–Crippen MR) is 50.0 cm³/mol. The number of hydrogen-bond donors (Lipinski definition) is 1. The number of aliphatic hydroxyl groups is 1. The molecule has 13 heavy (non-hydrogen) atoms. The fourth-order valence-corrected chi connectivity index (χ4v) is 0.238. The average molecular weight is 208 g/mol. The van der Waals surface area contributed by atoms with Crippen molar-refractivity contribution in [3.8, 4) is 0 Å². The summed E-state index contributed by atoms with van der Waals surface area (Å²) in [6.45, 7) is 4.35. The number of carbonyl (C=O) groups excluding carboxylic acids is 2. The third-order valence-corrected chi connectivity index (χ3v) is 1.39. The van der Waals surface area contributed by atoms with Crippen LogP contribution in [0.15, 0.2) is 0 Å². The number of ether oxygens (including phenoxy) is 1. The molecule has 0 aliphatic rings. The Morgan fingerprint density at radius 1 is 1.38 bits per heavy atom. The number of esters is 1. The Morgan fingerprint density at radius 2 is 1.77 bits per heavy atom.